The molecule has 0 radical (unpaired) electrons. The van der Waals surface area contributed by atoms with Crippen molar-refractivity contribution in [3.63, 3.8) is 0 Å². The molecule has 0 saturated heterocycles. The summed E-state index contributed by atoms with van der Waals surface area (Å²) in [5.74, 6) is -1.03. The Labute approximate surface area is 141 Å². The van der Waals surface area contributed by atoms with E-state index in [-0.39, 0.29) is 11.5 Å². The molecule has 1 aromatic carbocycles. The molecule has 1 aliphatic heterocycles. The number of halogens is 1. The predicted octanol–water partition coefficient (Wildman–Crippen LogP) is 2.57. The summed E-state index contributed by atoms with van der Waals surface area (Å²) < 4.78 is 10.6. The van der Waals surface area contributed by atoms with Crippen molar-refractivity contribution in [1.82, 2.24) is 5.32 Å². The van der Waals surface area contributed by atoms with Crippen LogP contribution in [0.5, 0.6) is 11.5 Å². The first-order chi connectivity index (χ1) is 10.9. The van der Waals surface area contributed by atoms with Gasteiger partial charge >= 0.3 is 12.0 Å². The maximum atomic E-state index is 12.1. The minimum Gasteiger partial charge on any atom is -0.503 e. The summed E-state index contributed by atoms with van der Waals surface area (Å²) in [7, 11) is 1.28. The predicted molar refractivity (Wildman–Crippen MR) is 86.9 cm³/mol. The molecule has 2 atom stereocenters. The summed E-state index contributed by atoms with van der Waals surface area (Å²) in [6.07, 6.45) is 0. The average molecular weight is 385 g/mol. The van der Waals surface area contributed by atoms with Gasteiger partial charge in [0.2, 0.25) is 0 Å². The van der Waals surface area contributed by atoms with Crippen LogP contribution < -0.4 is 10.1 Å². The molecule has 1 aliphatic rings. The lowest BCUT2D eigenvalue weighted by atomic mass is 9.88. The van der Waals surface area contributed by atoms with Gasteiger partial charge in [-0.15, -0.1) is 0 Å². The summed E-state index contributed by atoms with van der Waals surface area (Å²) in [5, 5.41) is 12.7. The maximum absolute atomic E-state index is 12.1. The lowest BCUT2D eigenvalue weighted by Crippen LogP contribution is -2.44. The molecule has 8 heteroatoms. The number of amides is 2. The van der Waals surface area contributed by atoms with E-state index in [9.17, 15) is 14.7 Å². The van der Waals surface area contributed by atoms with Crippen LogP contribution in [-0.4, -0.2) is 36.5 Å². The van der Waals surface area contributed by atoms with Gasteiger partial charge in [0.15, 0.2) is 11.5 Å². The smallest absolute Gasteiger partial charge is 0.341 e. The van der Waals surface area contributed by atoms with Crippen molar-refractivity contribution in [2.45, 2.75) is 19.9 Å². The highest BCUT2D eigenvalue weighted by molar-refractivity contribution is 9.10. The number of carbonyl (C=O) groups is 2. The SMILES string of the molecule is CCOc1cc(C2NC(=O)N=C(C)C2C(=O)OC)cc(Br)c1O. The third-order valence-corrected chi connectivity index (χ3v) is 4.11. The van der Waals surface area contributed by atoms with Crippen molar-refractivity contribution in [1.29, 1.82) is 0 Å². The van der Waals surface area contributed by atoms with E-state index in [0.29, 0.717) is 22.4 Å². The number of aliphatic imine (C=N–C) groups is 1. The largest absolute Gasteiger partial charge is 0.503 e. The van der Waals surface area contributed by atoms with E-state index in [1.165, 1.54) is 7.11 Å². The van der Waals surface area contributed by atoms with Crippen LogP contribution in [0.2, 0.25) is 0 Å². The van der Waals surface area contributed by atoms with Crippen LogP contribution >= 0.6 is 15.9 Å². The molecule has 2 amide bonds. The Morgan fingerprint density at radius 2 is 2.17 bits per heavy atom. The summed E-state index contributed by atoms with van der Waals surface area (Å²) >= 11 is 3.25. The molecule has 7 nitrogen and oxygen atoms in total. The van der Waals surface area contributed by atoms with Gasteiger partial charge in [0.1, 0.15) is 5.92 Å². The fourth-order valence-electron chi connectivity index (χ4n) is 2.47. The summed E-state index contributed by atoms with van der Waals surface area (Å²) in [6.45, 7) is 3.75. The number of rotatable bonds is 4. The fraction of sp³-hybridized carbons (Fsp3) is 0.400. The lowest BCUT2D eigenvalue weighted by molar-refractivity contribution is -0.143. The van der Waals surface area contributed by atoms with Crippen LogP contribution in [0.15, 0.2) is 21.6 Å². The quantitative estimate of drug-likeness (QED) is 0.777. The normalized spacial score (nSPS) is 20.5. The molecule has 2 unspecified atom stereocenters. The topological polar surface area (TPSA) is 97.2 Å². The highest BCUT2D eigenvalue weighted by Crippen LogP contribution is 2.39. The molecule has 124 valence electrons. The molecule has 0 spiro atoms. The fourth-order valence-corrected chi connectivity index (χ4v) is 2.93. The number of esters is 1. The number of phenols is 1. The molecular formula is C15H17BrN2O5. The number of carbonyl (C=O) groups excluding carboxylic acids is 2. The first kappa shape index (κ1) is 17.3. The number of ether oxygens (including phenoxy) is 2. The lowest BCUT2D eigenvalue weighted by Gasteiger charge is -2.29. The van der Waals surface area contributed by atoms with Gasteiger partial charge < -0.3 is 19.9 Å². The zero-order chi connectivity index (χ0) is 17.1. The summed E-state index contributed by atoms with van der Waals surface area (Å²) in [6, 6.07) is 2.01. The van der Waals surface area contributed by atoms with Crippen molar-refractivity contribution in [2.24, 2.45) is 10.9 Å². The molecule has 0 aliphatic carbocycles. The third kappa shape index (κ3) is 3.47. The van der Waals surface area contributed by atoms with Gasteiger partial charge in [-0.25, -0.2) is 9.79 Å². The summed E-state index contributed by atoms with van der Waals surface area (Å²) in [5.41, 5.74) is 0.962. The second kappa shape index (κ2) is 6.99. The number of phenolic OH excluding ortho intramolecular Hbond substituents is 1. The summed E-state index contributed by atoms with van der Waals surface area (Å²) in [4.78, 5) is 27.6. The van der Waals surface area contributed by atoms with Crippen LogP contribution in [0.1, 0.15) is 25.5 Å². The van der Waals surface area contributed by atoms with Gasteiger partial charge in [0, 0.05) is 5.71 Å². The Balaban J connectivity index is 2.51. The highest BCUT2D eigenvalue weighted by Gasteiger charge is 2.38. The van der Waals surface area contributed by atoms with Crippen molar-refractivity contribution in [3.8, 4) is 11.5 Å². The number of urea groups is 1. The zero-order valence-electron chi connectivity index (χ0n) is 12.9. The molecule has 1 heterocycles. The number of nitrogens with zero attached hydrogens (tertiary/aromatic N) is 1. The molecule has 0 bridgehead atoms. The second-order valence-corrected chi connectivity index (χ2v) is 5.82. The van der Waals surface area contributed by atoms with Crippen LogP contribution in [0, 0.1) is 5.92 Å². The van der Waals surface area contributed by atoms with E-state index in [0.717, 1.165) is 0 Å². The first-order valence-electron chi connectivity index (χ1n) is 6.97. The minimum absolute atomic E-state index is 0.0438. The van der Waals surface area contributed by atoms with Crippen molar-refractivity contribution in [2.75, 3.05) is 13.7 Å². The van der Waals surface area contributed by atoms with Crippen molar-refractivity contribution < 1.29 is 24.2 Å². The second-order valence-electron chi connectivity index (χ2n) is 4.96. The van der Waals surface area contributed by atoms with Gasteiger partial charge in [-0.1, -0.05) is 0 Å². The Morgan fingerprint density at radius 1 is 1.48 bits per heavy atom. The van der Waals surface area contributed by atoms with Gasteiger partial charge in [-0.3, -0.25) is 4.79 Å². The van der Waals surface area contributed by atoms with E-state index in [2.05, 4.69) is 26.2 Å². The number of hydrogen-bond donors (Lipinski definition) is 2. The molecule has 0 saturated carbocycles. The van der Waals surface area contributed by atoms with Gasteiger partial charge in [-0.05, 0) is 47.5 Å². The Kier molecular flexibility index (Phi) is 5.25. The molecule has 2 N–H and O–H groups in total. The Morgan fingerprint density at radius 3 is 2.78 bits per heavy atom. The van der Waals surface area contributed by atoms with Gasteiger partial charge in [0.05, 0.1) is 24.2 Å². The van der Waals surface area contributed by atoms with Crippen LogP contribution in [0.3, 0.4) is 0 Å². The number of benzene rings is 1. The first-order valence-corrected chi connectivity index (χ1v) is 7.77. The maximum Gasteiger partial charge on any atom is 0.341 e. The van der Waals surface area contributed by atoms with Crippen LogP contribution in [0.25, 0.3) is 0 Å². The molecule has 23 heavy (non-hydrogen) atoms. The van der Waals surface area contributed by atoms with Crippen molar-refractivity contribution >= 4 is 33.6 Å². The van der Waals surface area contributed by atoms with E-state index < -0.39 is 24.0 Å². The zero-order valence-corrected chi connectivity index (χ0v) is 14.5. The molecule has 0 fully saturated rings. The number of hydrogen-bond acceptors (Lipinski definition) is 5. The van der Waals surface area contributed by atoms with E-state index in [1.54, 1.807) is 26.0 Å². The minimum atomic E-state index is -0.747. The van der Waals surface area contributed by atoms with E-state index >= 15 is 0 Å². The molecule has 2 rings (SSSR count). The van der Waals surface area contributed by atoms with E-state index in [1.807, 2.05) is 0 Å². The highest BCUT2D eigenvalue weighted by atomic mass is 79.9. The third-order valence-electron chi connectivity index (χ3n) is 3.51. The monoisotopic (exact) mass is 384 g/mol. The number of nitrogens with one attached hydrogen (secondary N) is 1. The van der Waals surface area contributed by atoms with Crippen LogP contribution in [-0.2, 0) is 9.53 Å². The van der Waals surface area contributed by atoms with Crippen LogP contribution in [0.4, 0.5) is 4.79 Å². The molecule has 0 aromatic heterocycles. The van der Waals surface area contributed by atoms with Gasteiger partial charge in [-0.2, -0.15) is 0 Å². The van der Waals surface area contributed by atoms with Gasteiger partial charge in [0.25, 0.3) is 0 Å². The average Bonchev–Trinajstić information content (AvgIpc) is 2.50. The molecular weight excluding hydrogens is 368 g/mol. The number of methoxy groups -OCH3 is 1. The molecule has 1 aromatic rings. The Bertz CT molecular complexity index is 674. The number of aromatic hydroxyl groups is 1. The van der Waals surface area contributed by atoms with E-state index in [4.69, 9.17) is 9.47 Å². The van der Waals surface area contributed by atoms with Crippen molar-refractivity contribution in [3.05, 3.63) is 22.2 Å². The Hall–Kier alpha value is -2.09. The standard InChI is InChI=1S/C15H17BrN2O5/c1-4-23-10-6-8(5-9(16)13(10)19)12-11(14(20)22-3)7(2)17-15(21)18-12/h5-6,11-12,19H,4H2,1-3H3,(H,18,21).